The molecule has 2 heteroatoms. The lowest BCUT2D eigenvalue weighted by atomic mass is 9.73. The fourth-order valence-corrected chi connectivity index (χ4v) is 2.95. The lowest BCUT2D eigenvalue weighted by molar-refractivity contribution is -0.147. The maximum absolute atomic E-state index is 10.8. The first kappa shape index (κ1) is 6.46. The molecule has 0 radical (unpaired) electrons. The molecule has 0 aromatic rings. The molecule has 62 valence electrons. The second-order valence-corrected chi connectivity index (χ2v) is 3.94. The maximum Gasteiger partial charge on any atom is 0.307 e. The van der Waals surface area contributed by atoms with Crippen molar-refractivity contribution in [1.29, 1.82) is 0 Å². The van der Waals surface area contributed by atoms with Gasteiger partial charge in [0.25, 0.3) is 0 Å². The Balaban J connectivity index is 1.93. The second-order valence-electron chi connectivity index (χ2n) is 3.94. The molecule has 0 saturated heterocycles. The Hall–Kier alpha value is -1.05. The Labute approximate surface area is 70.6 Å². The lowest BCUT2D eigenvalue weighted by Gasteiger charge is -2.29. The minimum atomic E-state index is -0.608. The molecule has 3 aliphatic rings. The highest BCUT2D eigenvalue weighted by Crippen LogP contribution is 2.69. The standard InChI is InChI=1S/C10H10O2/c11-10(12)9-6-4-2-1-3-5-7(6)8(5)9/h1-9H,(H,11,12). The van der Waals surface area contributed by atoms with Gasteiger partial charge in [0.1, 0.15) is 0 Å². The molecule has 2 nitrogen and oxygen atoms in total. The van der Waals surface area contributed by atoms with Crippen LogP contribution in [0.25, 0.3) is 0 Å². The Bertz CT molecular complexity index is 303. The molecule has 0 spiro atoms. The zero-order valence-electron chi connectivity index (χ0n) is 6.55. The number of carboxylic acids is 1. The van der Waals surface area contributed by atoms with E-state index >= 15 is 0 Å². The molecule has 0 heterocycles. The normalized spacial score (nSPS) is 52.2. The minimum absolute atomic E-state index is 0.0822. The van der Waals surface area contributed by atoms with Crippen LogP contribution in [0.5, 0.6) is 0 Å². The van der Waals surface area contributed by atoms with Crippen molar-refractivity contribution in [2.45, 2.75) is 0 Å². The monoisotopic (exact) mass is 162 g/mol. The lowest BCUT2D eigenvalue weighted by Crippen LogP contribution is -2.34. The van der Waals surface area contributed by atoms with Crippen LogP contribution >= 0.6 is 0 Å². The topological polar surface area (TPSA) is 37.3 Å². The molecule has 3 rings (SSSR count). The Kier molecular flexibility index (Phi) is 0.978. The summed E-state index contributed by atoms with van der Waals surface area (Å²) in [5.41, 5.74) is 0. The van der Waals surface area contributed by atoms with Crippen LogP contribution in [0.15, 0.2) is 24.3 Å². The number of aliphatic carboxylic acids is 1. The largest absolute Gasteiger partial charge is 0.481 e. The average Bonchev–Trinajstić information content (AvgIpc) is 2.52. The number of carbonyl (C=O) groups is 1. The molecule has 2 saturated carbocycles. The summed E-state index contributed by atoms with van der Waals surface area (Å²) < 4.78 is 0. The third kappa shape index (κ3) is 0.554. The highest BCUT2D eigenvalue weighted by atomic mass is 16.4. The molecule has 0 aliphatic heterocycles. The number of fused-ring (bicyclic) bond motifs is 1. The van der Waals surface area contributed by atoms with Crippen molar-refractivity contribution in [2.75, 3.05) is 0 Å². The van der Waals surface area contributed by atoms with Crippen LogP contribution < -0.4 is 0 Å². The van der Waals surface area contributed by atoms with E-state index < -0.39 is 5.97 Å². The van der Waals surface area contributed by atoms with E-state index in [9.17, 15) is 4.79 Å². The highest BCUT2D eigenvalue weighted by molar-refractivity contribution is 5.74. The Morgan fingerprint density at radius 1 is 1.08 bits per heavy atom. The average molecular weight is 162 g/mol. The molecule has 12 heavy (non-hydrogen) atoms. The van der Waals surface area contributed by atoms with Gasteiger partial charge in [-0.15, -0.1) is 0 Å². The molecule has 0 aromatic heterocycles. The minimum Gasteiger partial charge on any atom is -0.481 e. The van der Waals surface area contributed by atoms with E-state index in [0.717, 1.165) is 0 Å². The van der Waals surface area contributed by atoms with E-state index in [2.05, 4.69) is 18.2 Å². The van der Waals surface area contributed by atoms with Gasteiger partial charge in [0.2, 0.25) is 0 Å². The van der Waals surface area contributed by atoms with Crippen molar-refractivity contribution in [1.82, 2.24) is 0 Å². The first-order valence-corrected chi connectivity index (χ1v) is 4.38. The molecular formula is C10H10O2. The van der Waals surface area contributed by atoms with Crippen molar-refractivity contribution in [3.8, 4) is 0 Å². The van der Waals surface area contributed by atoms with Crippen LogP contribution in [0.4, 0.5) is 0 Å². The van der Waals surface area contributed by atoms with Crippen LogP contribution in [0.2, 0.25) is 0 Å². The smallest absolute Gasteiger partial charge is 0.307 e. The van der Waals surface area contributed by atoms with E-state index in [0.29, 0.717) is 23.7 Å². The van der Waals surface area contributed by atoms with Gasteiger partial charge in [0.05, 0.1) is 5.92 Å². The quantitative estimate of drug-likeness (QED) is 0.631. The zero-order chi connectivity index (χ0) is 8.29. The Morgan fingerprint density at radius 2 is 1.75 bits per heavy atom. The van der Waals surface area contributed by atoms with Gasteiger partial charge in [0.15, 0.2) is 0 Å². The first-order valence-electron chi connectivity index (χ1n) is 4.38. The highest BCUT2D eigenvalue weighted by Gasteiger charge is 2.69. The molecule has 3 aliphatic carbocycles. The third-order valence-electron chi connectivity index (χ3n) is 3.53. The fourth-order valence-electron chi connectivity index (χ4n) is 2.95. The van der Waals surface area contributed by atoms with Crippen molar-refractivity contribution < 1.29 is 9.90 Å². The van der Waals surface area contributed by atoms with E-state index in [1.165, 1.54) is 0 Å². The molecular weight excluding hydrogens is 152 g/mol. The van der Waals surface area contributed by atoms with Crippen LogP contribution in [0.3, 0.4) is 0 Å². The molecule has 0 aromatic carbocycles. The van der Waals surface area contributed by atoms with Crippen molar-refractivity contribution in [2.24, 2.45) is 29.6 Å². The van der Waals surface area contributed by atoms with Gasteiger partial charge >= 0.3 is 5.97 Å². The third-order valence-corrected chi connectivity index (χ3v) is 3.53. The number of hydrogen-bond donors (Lipinski definition) is 1. The summed E-state index contributed by atoms with van der Waals surface area (Å²) in [4.78, 5) is 10.8. The van der Waals surface area contributed by atoms with Gasteiger partial charge in [-0.25, -0.2) is 0 Å². The summed E-state index contributed by atoms with van der Waals surface area (Å²) in [6.45, 7) is 0. The Morgan fingerprint density at radius 3 is 2.42 bits per heavy atom. The van der Waals surface area contributed by atoms with Gasteiger partial charge in [-0.1, -0.05) is 24.3 Å². The SMILES string of the molecule is O=C(O)C1C2C=CC=CC3C2C31. The van der Waals surface area contributed by atoms with Gasteiger partial charge in [0, 0.05) is 0 Å². The van der Waals surface area contributed by atoms with Gasteiger partial charge in [-0.05, 0) is 23.7 Å². The molecule has 1 N–H and O–H groups in total. The fraction of sp³-hybridized carbons (Fsp3) is 0.500. The molecule has 2 fully saturated rings. The van der Waals surface area contributed by atoms with Gasteiger partial charge in [-0.2, -0.15) is 0 Å². The van der Waals surface area contributed by atoms with Gasteiger partial charge in [-0.3, -0.25) is 4.79 Å². The van der Waals surface area contributed by atoms with E-state index in [4.69, 9.17) is 5.11 Å². The molecule has 0 bridgehead atoms. The maximum atomic E-state index is 10.8. The van der Waals surface area contributed by atoms with Crippen LogP contribution in [0.1, 0.15) is 0 Å². The molecule has 5 unspecified atom stereocenters. The van der Waals surface area contributed by atoms with Crippen molar-refractivity contribution in [3.05, 3.63) is 24.3 Å². The second kappa shape index (κ2) is 1.82. The summed E-state index contributed by atoms with van der Waals surface area (Å²) in [5, 5.41) is 8.91. The van der Waals surface area contributed by atoms with Crippen molar-refractivity contribution in [3.63, 3.8) is 0 Å². The van der Waals surface area contributed by atoms with Crippen LogP contribution in [-0.2, 0) is 4.79 Å². The summed E-state index contributed by atoms with van der Waals surface area (Å²) in [6, 6.07) is 0. The molecule has 0 amide bonds. The van der Waals surface area contributed by atoms with Gasteiger partial charge < -0.3 is 5.11 Å². The van der Waals surface area contributed by atoms with E-state index in [1.807, 2.05) is 6.08 Å². The number of hydrogen-bond acceptors (Lipinski definition) is 1. The van der Waals surface area contributed by atoms with E-state index in [-0.39, 0.29) is 5.92 Å². The zero-order valence-corrected chi connectivity index (χ0v) is 6.55. The summed E-state index contributed by atoms with van der Waals surface area (Å²) >= 11 is 0. The van der Waals surface area contributed by atoms with Crippen LogP contribution in [0, 0.1) is 29.6 Å². The molecule has 5 atom stereocenters. The predicted molar refractivity (Wildman–Crippen MR) is 43.4 cm³/mol. The van der Waals surface area contributed by atoms with Crippen LogP contribution in [-0.4, -0.2) is 11.1 Å². The predicted octanol–water partition coefficient (Wildman–Crippen LogP) is 1.31. The van der Waals surface area contributed by atoms with E-state index in [1.54, 1.807) is 0 Å². The summed E-state index contributed by atoms with van der Waals surface area (Å²) in [6.07, 6.45) is 8.26. The summed E-state index contributed by atoms with van der Waals surface area (Å²) in [7, 11) is 0. The summed E-state index contributed by atoms with van der Waals surface area (Å²) in [5.74, 6) is 1.35. The number of rotatable bonds is 1. The van der Waals surface area contributed by atoms with Crippen molar-refractivity contribution >= 4 is 5.97 Å². The number of allylic oxidation sites excluding steroid dienone is 4. The first-order chi connectivity index (χ1) is 5.80. The number of carboxylic acid groups (broad SMARTS) is 1.